The normalized spacial score (nSPS) is 12.8. The van der Waals surface area contributed by atoms with Gasteiger partial charge >= 0.3 is 0 Å². The minimum Gasteiger partial charge on any atom is -0.390 e. The second-order valence-corrected chi connectivity index (χ2v) is 5.86. The van der Waals surface area contributed by atoms with Crippen molar-refractivity contribution >= 4 is 11.8 Å². The molecule has 0 aliphatic carbocycles. The second kappa shape index (κ2) is 11.0. The van der Waals surface area contributed by atoms with Gasteiger partial charge in [0.15, 0.2) is 6.29 Å². The van der Waals surface area contributed by atoms with E-state index in [1.165, 1.54) is 0 Å². The smallest absolute Gasteiger partial charge is 0.183 e. The molecule has 0 aliphatic heterocycles. The highest BCUT2D eigenvalue weighted by atomic mass is 32.2. The minimum atomic E-state index is -0.433. The van der Waals surface area contributed by atoms with Crippen LogP contribution in [0.15, 0.2) is 29.2 Å². The van der Waals surface area contributed by atoms with Crippen LogP contribution in [0.3, 0.4) is 0 Å². The van der Waals surface area contributed by atoms with Crippen LogP contribution in [-0.4, -0.2) is 44.4 Å². The number of aliphatic hydroxyl groups is 1. The van der Waals surface area contributed by atoms with Crippen molar-refractivity contribution in [2.45, 2.75) is 37.1 Å². The average Bonchev–Trinajstić information content (AvgIpc) is 2.52. The van der Waals surface area contributed by atoms with E-state index in [9.17, 15) is 5.11 Å². The molecule has 5 heteroatoms. The Morgan fingerprint density at radius 3 is 2.38 bits per heavy atom. The minimum absolute atomic E-state index is 0.332. The number of hydrogen-bond acceptors (Lipinski definition) is 5. The van der Waals surface area contributed by atoms with Gasteiger partial charge in [-0.3, -0.25) is 0 Å². The second-order valence-electron chi connectivity index (χ2n) is 4.77. The molecule has 0 fully saturated rings. The van der Waals surface area contributed by atoms with Gasteiger partial charge in [0.05, 0.1) is 12.7 Å². The van der Waals surface area contributed by atoms with Gasteiger partial charge in [-0.2, -0.15) is 0 Å². The van der Waals surface area contributed by atoms with Crippen LogP contribution in [0.1, 0.15) is 31.6 Å². The predicted octanol–water partition coefficient (Wildman–Crippen LogP) is 3.25. The summed E-state index contributed by atoms with van der Waals surface area (Å²) in [5, 5.41) is 9.84. The summed E-state index contributed by atoms with van der Waals surface area (Å²) in [6.07, 6.45) is 1.39. The number of aliphatic hydroxyl groups excluding tert-OH is 1. The maximum absolute atomic E-state index is 9.84. The summed E-state index contributed by atoms with van der Waals surface area (Å²) < 4.78 is 15.8. The molecule has 1 rings (SSSR count). The van der Waals surface area contributed by atoms with Gasteiger partial charge in [0.2, 0.25) is 0 Å². The number of methoxy groups -OCH3 is 2. The lowest BCUT2D eigenvalue weighted by Crippen LogP contribution is -2.18. The highest BCUT2D eigenvalue weighted by Crippen LogP contribution is 2.23. The first-order valence-electron chi connectivity index (χ1n) is 7.25. The topological polar surface area (TPSA) is 47.9 Å². The third-order valence-electron chi connectivity index (χ3n) is 2.98. The summed E-state index contributed by atoms with van der Waals surface area (Å²) in [5.41, 5.74) is 0.979. The van der Waals surface area contributed by atoms with Crippen LogP contribution < -0.4 is 0 Å². The molecule has 0 saturated carbocycles. The molecule has 4 nitrogen and oxygen atoms in total. The molecular weight excluding hydrogens is 288 g/mol. The Balaban J connectivity index is 2.32. The number of benzene rings is 1. The molecule has 1 N–H and O–H groups in total. The van der Waals surface area contributed by atoms with Crippen molar-refractivity contribution in [3.63, 3.8) is 0 Å². The van der Waals surface area contributed by atoms with Crippen molar-refractivity contribution in [3.8, 4) is 0 Å². The van der Waals surface area contributed by atoms with E-state index in [2.05, 4.69) is 6.92 Å². The Labute approximate surface area is 131 Å². The predicted molar refractivity (Wildman–Crippen MR) is 85.7 cm³/mol. The molecule has 1 aromatic carbocycles. The molecule has 0 aromatic heterocycles. The average molecular weight is 314 g/mol. The number of hydrogen-bond donors (Lipinski definition) is 1. The lowest BCUT2D eigenvalue weighted by atomic mass is 10.2. The van der Waals surface area contributed by atoms with E-state index in [1.807, 2.05) is 24.3 Å². The van der Waals surface area contributed by atoms with E-state index in [1.54, 1.807) is 26.0 Å². The van der Waals surface area contributed by atoms with Gasteiger partial charge < -0.3 is 19.3 Å². The number of ether oxygens (including phenoxy) is 3. The highest BCUT2D eigenvalue weighted by Gasteiger charge is 2.09. The van der Waals surface area contributed by atoms with Crippen molar-refractivity contribution in [1.29, 1.82) is 0 Å². The molecule has 0 spiro atoms. The molecule has 0 amide bonds. The largest absolute Gasteiger partial charge is 0.390 e. The lowest BCUT2D eigenvalue weighted by molar-refractivity contribution is -0.106. The molecule has 120 valence electrons. The quantitative estimate of drug-likeness (QED) is 0.386. The van der Waals surface area contributed by atoms with Crippen LogP contribution >= 0.6 is 11.8 Å². The lowest BCUT2D eigenvalue weighted by Gasteiger charge is -2.14. The number of thioether (sulfide) groups is 1. The first kappa shape index (κ1) is 18.5. The van der Waals surface area contributed by atoms with Crippen molar-refractivity contribution in [1.82, 2.24) is 0 Å². The first-order chi connectivity index (χ1) is 10.2. The van der Waals surface area contributed by atoms with E-state index in [0.29, 0.717) is 12.4 Å². The zero-order valence-corrected chi connectivity index (χ0v) is 13.9. The van der Waals surface area contributed by atoms with Gasteiger partial charge in [-0.05, 0) is 18.6 Å². The third kappa shape index (κ3) is 7.29. The molecule has 0 saturated heterocycles. The Morgan fingerprint density at radius 2 is 1.81 bits per heavy atom. The van der Waals surface area contributed by atoms with Gasteiger partial charge in [0.25, 0.3) is 0 Å². The monoisotopic (exact) mass is 314 g/mol. The zero-order valence-electron chi connectivity index (χ0n) is 13.1. The fraction of sp³-hybridized carbons (Fsp3) is 0.625. The van der Waals surface area contributed by atoms with Crippen LogP contribution in [0.5, 0.6) is 0 Å². The van der Waals surface area contributed by atoms with Gasteiger partial charge in [-0.1, -0.05) is 25.5 Å². The Morgan fingerprint density at radius 1 is 1.14 bits per heavy atom. The zero-order chi connectivity index (χ0) is 15.5. The molecule has 0 radical (unpaired) electrons. The SMILES string of the molecule is CCCCOCC(O)CSc1ccc(C(OC)OC)cc1. The van der Waals surface area contributed by atoms with E-state index in [4.69, 9.17) is 14.2 Å². The van der Waals surface area contributed by atoms with Gasteiger partial charge in [0, 0.05) is 37.0 Å². The fourth-order valence-electron chi connectivity index (χ4n) is 1.80. The van der Waals surface area contributed by atoms with E-state index in [-0.39, 0.29) is 6.29 Å². The standard InChI is InChI=1S/C16H26O4S/c1-4-5-10-20-11-14(17)12-21-15-8-6-13(7-9-15)16(18-2)19-3/h6-9,14,16-17H,4-5,10-12H2,1-3H3. The first-order valence-corrected chi connectivity index (χ1v) is 8.24. The highest BCUT2D eigenvalue weighted by molar-refractivity contribution is 7.99. The third-order valence-corrected chi connectivity index (χ3v) is 4.13. The summed E-state index contributed by atoms with van der Waals surface area (Å²) in [6.45, 7) is 3.25. The maximum atomic E-state index is 9.84. The Bertz CT molecular complexity index is 365. The molecule has 1 unspecified atom stereocenters. The van der Waals surface area contributed by atoms with Crippen molar-refractivity contribution < 1.29 is 19.3 Å². The fourth-order valence-corrected chi connectivity index (χ4v) is 2.61. The van der Waals surface area contributed by atoms with Gasteiger partial charge in [-0.25, -0.2) is 0 Å². The summed E-state index contributed by atoms with van der Waals surface area (Å²) in [4.78, 5) is 1.11. The van der Waals surface area contributed by atoms with Crippen LogP contribution in [0.4, 0.5) is 0 Å². The van der Waals surface area contributed by atoms with Crippen LogP contribution in [0, 0.1) is 0 Å². The summed E-state index contributed by atoms with van der Waals surface area (Å²) in [7, 11) is 3.23. The van der Waals surface area contributed by atoms with Crippen LogP contribution in [-0.2, 0) is 14.2 Å². The van der Waals surface area contributed by atoms with E-state index in [0.717, 1.165) is 29.9 Å². The van der Waals surface area contributed by atoms with Crippen molar-refractivity contribution in [2.24, 2.45) is 0 Å². The molecule has 0 aliphatic rings. The number of rotatable bonds is 11. The summed E-state index contributed by atoms with van der Waals surface area (Å²) in [6, 6.07) is 7.97. The molecule has 1 aromatic rings. The van der Waals surface area contributed by atoms with E-state index < -0.39 is 6.10 Å². The summed E-state index contributed by atoms with van der Waals surface area (Å²) >= 11 is 1.62. The molecule has 21 heavy (non-hydrogen) atoms. The maximum Gasteiger partial charge on any atom is 0.183 e. The molecular formula is C16H26O4S. The van der Waals surface area contributed by atoms with Gasteiger partial charge in [0.1, 0.15) is 0 Å². The molecule has 1 atom stereocenters. The Kier molecular flexibility index (Phi) is 9.70. The van der Waals surface area contributed by atoms with Crippen LogP contribution in [0.2, 0.25) is 0 Å². The van der Waals surface area contributed by atoms with Gasteiger partial charge in [-0.15, -0.1) is 11.8 Å². The van der Waals surface area contributed by atoms with Crippen molar-refractivity contribution in [2.75, 3.05) is 33.2 Å². The Hall–Kier alpha value is -0.590. The summed E-state index contributed by atoms with van der Waals surface area (Å²) in [5.74, 6) is 0.628. The van der Waals surface area contributed by atoms with E-state index >= 15 is 0 Å². The van der Waals surface area contributed by atoms with Crippen LogP contribution in [0.25, 0.3) is 0 Å². The van der Waals surface area contributed by atoms with Crippen molar-refractivity contribution in [3.05, 3.63) is 29.8 Å². The molecule has 0 heterocycles. The number of unbranched alkanes of at least 4 members (excludes halogenated alkanes) is 1. The molecule has 0 bridgehead atoms.